The lowest BCUT2D eigenvalue weighted by atomic mass is 9.56. The molecule has 1 unspecified atom stereocenters. The van der Waals surface area contributed by atoms with E-state index in [-0.39, 0.29) is 11.8 Å². The van der Waals surface area contributed by atoms with Gasteiger partial charge in [0.25, 0.3) is 0 Å². The average Bonchev–Trinajstić information content (AvgIpc) is 2.58. The lowest BCUT2D eigenvalue weighted by Gasteiger charge is -2.48. The molecule has 1 aliphatic heterocycles. The molecule has 0 aromatic heterocycles. The summed E-state index contributed by atoms with van der Waals surface area (Å²) >= 11 is 0. The minimum Gasteiger partial charge on any atom is -0.296 e. The van der Waals surface area contributed by atoms with E-state index in [2.05, 4.69) is 17.4 Å². The summed E-state index contributed by atoms with van der Waals surface area (Å²) in [7, 11) is 0. The molecule has 130 valence electrons. The number of amides is 2. The zero-order valence-electron chi connectivity index (χ0n) is 14.9. The molecule has 1 atom stereocenters. The summed E-state index contributed by atoms with van der Waals surface area (Å²) in [6.45, 7) is 4.08. The van der Waals surface area contributed by atoms with Crippen LogP contribution in [-0.2, 0) is 21.4 Å². The molecule has 0 saturated carbocycles. The predicted octanol–water partition coefficient (Wildman–Crippen LogP) is 4.02. The van der Waals surface area contributed by atoms with Crippen molar-refractivity contribution in [2.24, 2.45) is 5.41 Å². The van der Waals surface area contributed by atoms with Gasteiger partial charge in [0.05, 0.1) is 5.41 Å². The van der Waals surface area contributed by atoms with Gasteiger partial charge in [0.2, 0.25) is 11.8 Å². The zero-order chi connectivity index (χ0) is 17.9. The van der Waals surface area contributed by atoms with Crippen molar-refractivity contribution in [1.82, 2.24) is 5.32 Å². The monoisotopic (exact) mass is 335 g/mol. The maximum Gasteiger partial charge on any atom is 0.237 e. The number of aryl methyl sites for hydroxylation is 1. The molecule has 3 rings (SSSR count). The highest BCUT2D eigenvalue weighted by Crippen LogP contribution is 2.49. The molecule has 1 saturated heterocycles. The number of hydrogen-bond donors (Lipinski definition) is 1. The van der Waals surface area contributed by atoms with Gasteiger partial charge in [-0.05, 0) is 35.8 Å². The Morgan fingerprint density at radius 2 is 1.52 bits per heavy atom. The fourth-order valence-electron chi connectivity index (χ4n) is 4.18. The summed E-state index contributed by atoms with van der Waals surface area (Å²) in [5, 5.41) is 2.60. The van der Waals surface area contributed by atoms with Crippen LogP contribution < -0.4 is 5.32 Å². The van der Waals surface area contributed by atoms with E-state index >= 15 is 0 Å². The van der Waals surface area contributed by atoms with E-state index in [0.717, 1.165) is 24.8 Å². The van der Waals surface area contributed by atoms with E-state index in [9.17, 15) is 9.59 Å². The highest BCUT2D eigenvalue weighted by molar-refractivity contribution is 6.04. The van der Waals surface area contributed by atoms with Crippen LogP contribution in [0, 0.1) is 5.41 Å². The Bertz CT molecular complexity index is 752. The molecule has 0 radical (unpaired) electrons. The Morgan fingerprint density at radius 1 is 0.920 bits per heavy atom. The molecule has 2 aromatic rings. The molecule has 2 aromatic carbocycles. The number of hydrogen-bond acceptors (Lipinski definition) is 2. The van der Waals surface area contributed by atoms with E-state index in [0.29, 0.717) is 6.42 Å². The summed E-state index contributed by atoms with van der Waals surface area (Å²) in [4.78, 5) is 25.0. The normalized spacial score (nSPS) is 22.5. The van der Waals surface area contributed by atoms with Crippen molar-refractivity contribution < 1.29 is 9.59 Å². The largest absolute Gasteiger partial charge is 0.296 e. The minimum atomic E-state index is -0.684. The number of carbonyl (C=O) groups is 2. The SMILES string of the molecule is CC1(C)CC(=O)NC(=O)C1(CCCc1ccccc1)c1ccccc1. The predicted molar refractivity (Wildman–Crippen MR) is 99.0 cm³/mol. The minimum absolute atomic E-state index is 0.159. The van der Waals surface area contributed by atoms with Gasteiger partial charge in [-0.2, -0.15) is 0 Å². The third-order valence-electron chi connectivity index (χ3n) is 5.53. The van der Waals surface area contributed by atoms with Crippen LogP contribution in [0.1, 0.15) is 44.2 Å². The fourth-order valence-corrected chi connectivity index (χ4v) is 4.18. The maximum atomic E-state index is 13.1. The summed E-state index contributed by atoms with van der Waals surface area (Å²) in [6, 6.07) is 20.2. The third-order valence-corrected chi connectivity index (χ3v) is 5.53. The average molecular weight is 335 g/mol. The molecule has 1 aliphatic rings. The molecule has 0 bridgehead atoms. The molecular formula is C22H25NO2. The van der Waals surface area contributed by atoms with Gasteiger partial charge in [-0.1, -0.05) is 74.5 Å². The van der Waals surface area contributed by atoms with Crippen molar-refractivity contribution in [1.29, 1.82) is 0 Å². The van der Waals surface area contributed by atoms with Gasteiger partial charge in [-0.15, -0.1) is 0 Å². The van der Waals surface area contributed by atoms with E-state index in [1.165, 1.54) is 5.56 Å². The molecule has 2 amide bonds. The van der Waals surface area contributed by atoms with Crippen molar-refractivity contribution in [2.75, 3.05) is 0 Å². The second kappa shape index (κ2) is 6.83. The lowest BCUT2D eigenvalue weighted by molar-refractivity contribution is -0.145. The standard InChI is InChI=1S/C22H25NO2/c1-21(2)16-19(24)23-20(25)22(21,18-13-7-4-8-14-18)15-9-12-17-10-5-3-6-11-17/h3-8,10-11,13-14H,9,12,15-16H2,1-2H3,(H,23,24,25). The van der Waals surface area contributed by atoms with E-state index < -0.39 is 10.8 Å². The topological polar surface area (TPSA) is 46.2 Å². The summed E-state index contributed by atoms with van der Waals surface area (Å²) < 4.78 is 0. The summed E-state index contributed by atoms with van der Waals surface area (Å²) in [5.74, 6) is -0.336. The number of imide groups is 1. The molecule has 1 fully saturated rings. The van der Waals surface area contributed by atoms with Crippen LogP contribution in [0.3, 0.4) is 0 Å². The van der Waals surface area contributed by atoms with Crippen LogP contribution in [0.2, 0.25) is 0 Å². The number of benzene rings is 2. The summed E-state index contributed by atoms with van der Waals surface area (Å²) in [5.41, 5.74) is 1.16. The van der Waals surface area contributed by atoms with Gasteiger partial charge in [0, 0.05) is 6.42 Å². The number of carbonyl (C=O) groups excluding carboxylic acids is 2. The third kappa shape index (κ3) is 3.23. The first-order chi connectivity index (χ1) is 12.0. The molecule has 0 aliphatic carbocycles. The van der Waals surface area contributed by atoms with Crippen LogP contribution in [0.4, 0.5) is 0 Å². The van der Waals surface area contributed by atoms with Crippen LogP contribution >= 0.6 is 0 Å². The summed E-state index contributed by atoms with van der Waals surface area (Å²) in [6.07, 6.45) is 2.90. The zero-order valence-corrected chi connectivity index (χ0v) is 14.9. The Morgan fingerprint density at radius 3 is 2.12 bits per heavy atom. The van der Waals surface area contributed by atoms with Crippen LogP contribution in [0.25, 0.3) is 0 Å². The number of rotatable bonds is 5. The molecule has 3 nitrogen and oxygen atoms in total. The second-order valence-electron chi connectivity index (χ2n) is 7.55. The second-order valence-corrected chi connectivity index (χ2v) is 7.55. The molecule has 1 N–H and O–H groups in total. The van der Waals surface area contributed by atoms with Gasteiger partial charge in [-0.3, -0.25) is 14.9 Å². The van der Waals surface area contributed by atoms with Gasteiger partial charge < -0.3 is 0 Å². The van der Waals surface area contributed by atoms with E-state index in [1.54, 1.807) is 0 Å². The number of piperidine rings is 1. The Labute approximate surface area is 149 Å². The van der Waals surface area contributed by atoms with Crippen LogP contribution in [0.15, 0.2) is 60.7 Å². The fraction of sp³-hybridized carbons (Fsp3) is 0.364. The molecule has 0 spiro atoms. The van der Waals surface area contributed by atoms with E-state index in [4.69, 9.17) is 0 Å². The highest BCUT2D eigenvalue weighted by atomic mass is 16.2. The molecule has 1 heterocycles. The molecular weight excluding hydrogens is 310 g/mol. The van der Waals surface area contributed by atoms with Crippen LogP contribution in [0.5, 0.6) is 0 Å². The van der Waals surface area contributed by atoms with Crippen molar-refractivity contribution in [3.8, 4) is 0 Å². The van der Waals surface area contributed by atoms with Gasteiger partial charge >= 0.3 is 0 Å². The van der Waals surface area contributed by atoms with Crippen molar-refractivity contribution >= 4 is 11.8 Å². The quantitative estimate of drug-likeness (QED) is 0.839. The molecule has 3 heteroatoms. The smallest absolute Gasteiger partial charge is 0.237 e. The maximum absolute atomic E-state index is 13.1. The Kier molecular flexibility index (Phi) is 4.76. The van der Waals surface area contributed by atoms with Crippen molar-refractivity contribution in [3.05, 3.63) is 71.8 Å². The lowest BCUT2D eigenvalue weighted by Crippen LogP contribution is -2.60. The van der Waals surface area contributed by atoms with Gasteiger partial charge in [-0.25, -0.2) is 0 Å². The molecule has 25 heavy (non-hydrogen) atoms. The highest BCUT2D eigenvalue weighted by Gasteiger charge is 2.55. The first-order valence-corrected chi connectivity index (χ1v) is 8.89. The first kappa shape index (κ1) is 17.4. The van der Waals surface area contributed by atoms with Crippen LogP contribution in [-0.4, -0.2) is 11.8 Å². The Hall–Kier alpha value is -2.42. The Balaban J connectivity index is 1.92. The van der Waals surface area contributed by atoms with Gasteiger partial charge in [0.15, 0.2) is 0 Å². The van der Waals surface area contributed by atoms with Crippen molar-refractivity contribution in [2.45, 2.75) is 44.9 Å². The first-order valence-electron chi connectivity index (χ1n) is 8.89. The number of nitrogens with one attached hydrogen (secondary N) is 1. The van der Waals surface area contributed by atoms with E-state index in [1.807, 2.05) is 62.4 Å². The van der Waals surface area contributed by atoms with Gasteiger partial charge in [0.1, 0.15) is 0 Å². The van der Waals surface area contributed by atoms with Crippen molar-refractivity contribution in [3.63, 3.8) is 0 Å².